The van der Waals surface area contributed by atoms with E-state index in [4.69, 9.17) is 5.73 Å². The first-order valence-electron chi connectivity index (χ1n) is 7.40. The van der Waals surface area contributed by atoms with Crippen LogP contribution in [0.1, 0.15) is 41.5 Å². The highest BCUT2D eigenvalue weighted by atomic mass is 79.9. The van der Waals surface area contributed by atoms with Crippen LogP contribution in [-0.4, -0.2) is 18.5 Å². The van der Waals surface area contributed by atoms with Crippen molar-refractivity contribution in [1.29, 1.82) is 0 Å². The summed E-state index contributed by atoms with van der Waals surface area (Å²) in [6, 6.07) is 11.5. The minimum Gasteiger partial charge on any atom is -0.329 e. The third kappa shape index (κ3) is 3.75. The molecule has 2 N–H and O–H groups in total. The van der Waals surface area contributed by atoms with Crippen molar-refractivity contribution in [2.24, 2.45) is 5.73 Å². The Kier molecular flexibility index (Phi) is 4.79. The second-order valence-electron chi connectivity index (χ2n) is 5.87. The first kappa shape index (κ1) is 15.2. The van der Waals surface area contributed by atoms with Gasteiger partial charge in [0.15, 0.2) is 0 Å². The van der Waals surface area contributed by atoms with Gasteiger partial charge in [-0.05, 0) is 69.9 Å². The lowest BCUT2D eigenvalue weighted by molar-refractivity contribution is 0.242. The number of halogens is 1. The zero-order chi connectivity index (χ0) is 14.8. The number of nitrogens with two attached hydrogens (primary N) is 1. The second-order valence-corrected chi connectivity index (χ2v) is 8.16. The van der Waals surface area contributed by atoms with E-state index in [9.17, 15) is 0 Å². The van der Waals surface area contributed by atoms with Gasteiger partial charge in [0.05, 0.1) is 3.79 Å². The molecule has 0 bridgehead atoms. The van der Waals surface area contributed by atoms with Crippen molar-refractivity contribution in [1.82, 2.24) is 4.90 Å². The first-order chi connectivity index (χ1) is 10.2. The molecule has 0 radical (unpaired) electrons. The molecular weight excluding hydrogens is 344 g/mol. The smallest absolute Gasteiger partial charge is 0.0701 e. The van der Waals surface area contributed by atoms with E-state index in [0.29, 0.717) is 6.54 Å². The summed E-state index contributed by atoms with van der Waals surface area (Å²) in [5.74, 6) is 0.793. The largest absolute Gasteiger partial charge is 0.329 e. The Morgan fingerprint density at radius 3 is 2.81 bits per heavy atom. The van der Waals surface area contributed by atoms with E-state index >= 15 is 0 Å². The van der Waals surface area contributed by atoms with Gasteiger partial charge in [-0.15, -0.1) is 11.3 Å². The Morgan fingerprint density at radius 2 is 2.19 bits per heavy atom. The number of hydrogen-bond donors (Lipinski definition) is 1. The molecule has 1 aromatic carbocycles. The van der Waals surface area contributed by atoms with Crippen LogP contribution in [0.25, 0.3) is 0 Å². The predicted molar refractivity (Wildman–Crippen MR) is 93.7 cm³/mol. The summed E-state index contributed by atoms with van der Waals surface area (Å²) in [6.45, 7) is 1.58. The molecule has 1 aromatic heterocycles. The number of hydrogen-bond acceptors (Lipinski definition) is 3. The molecule has 4 heteroatoms. The molecule has 1 saturated carbocycles. The van der Waals surface area contributed by atoms with Gasteiger partial charge in [-0.3, -0.25) is 4.90 Å². The fourth-order valence-electron chi connectivity index (χ4n) is 2.83. The van der Waals surface area contributed by atoms with Gasteiger partial charge in [0, 0.05) is 19.1 Å². The Bertz CT molecular complexity index is 606. The summed E-state index contributed by atoms with van der Waals surface area (Å²) in [4.78, 5) is 2.35. The van der Waals surface area contributed by atoms with Crippen molar-refractivity contribution in [3.63, 3.8) is 0 Å². The van der Waals surface area contributed by atoms with Crippen LogP contribution in [0, 0.1) is 0 Å². The monoisotopic (exact) mass is 364 g/mol. The summed E-state index contributed by atoms with van der Waals surface area (Å²) >= 11 is 5.26. The number of likely N-dealkylation sites (N-methyl/N-ethyl adjacent to an activating group) is 1. The highest BCUT2D eigenvalue weighted by molar-refractivity contribution is 9.11. The number of rotatable bonds is 6. The fraction of sp³-hybridized carbons (Fsp3) is 0.412. The Hall–Kier alpha value is -0.680. The van der Waals surface area contributed by atoms with Crippen molar-refractivity contribution in [3.8, 4) is 0 Å². The normalized spacial score (nSPS) is 16.4. The quantitative estimate of drug-likeness (QED) is 0.816. The lowest BCUT2D eigenvalue weighted by Gasteiger charge is -2.27. The van der Waals surface area contributed by atoms with Gasteiger partial charge >= 0.3 is 0 Å². The van der Waals surface area contributed by atoms with E-state index in [1.54, 1.807) is 11.3 Å². The van der Waals surface area contributed by atoms with Crippen molar-refractivity contribution in [2.45, 2.75) is 31.3 Å². The van der Waals surface area contributed by atoms with Crippen molar-refractivity contribution >= 4 is 27.3 Å². The molecule has 21 heavy (non-hydrogen) atoms. The first-order valence-corrected chi connectivity index (χ1v) is 9.07. The second kappa shape index (κ2) is 6.61. The average molecular weight is 365 g/mol. The van der Waals surface area contributed by atoms with E-state index in [-0.39, 0.29) is 6.04 Å². The molecular formula is C17H21BrN2S. The summed E-state index contributed by atoms with van der Waals surface area (Å²) in [5, 5.41) is 2.20. The molecule has 1 aliphatic carbocycles. The van der Waals surface area contributed by atoms with E-state index < -0.39 is 0 Å². The molecule has 1 fully saturated rings. The number of benzene rings is 1. The highest BCUT2D eigenvalue weighted by Gasteiger charge is 2.24. The van der Waals surface area contributed by atoms with Crippen LogP contribution in [0.2, 0.25) is 0 Å². The standard InChI is InChI=1S/C17H21BrN2S/c1-20(10-12-7-17(18)21-11-12)16(9-19)15-4-2-3-14(8-15)13-5-6-13/h2-4,7-8,11,13,16H,5-6,9-10,19H2,1H3. The van der Waals surface area contributed by atoms with Crippen molar-refractivity contribution in [3.05, 3.63) is 56.2 Å². The molecule has 1 atom stereocenters. The minimum atomic E-state index is 0.280. The van der Waals surface area contributed by atoms with Crippen LogP contribution in [-0.2, 0) is 6.54 Å². The van der Waals surface area contributed by atoms with Crippen LogP contribution in [0.15, 0.2) is 39.5 Å². The van der Waals surface area contributed by atoms with E-state index in [2.05, 4.69) is 63.6 Å². The van der Waals surface area contributed by atoms with Crippen LogP contribution in [0.3, 0.4) is 0 Å². The van der Waals surface area contributed by atoms with Crippen LogP contribution < -0.4 is 5.73 Å². The predicted octanol–water partition coefficient (Wildman–Crippen LogP) is 4.52. The maximum Gasteiger partial charge on any atom is 0.0701 e. The van der Waals surface area contributed by atoms with Crippen LogP contribution >= 0.6 is 27.3 Å². The molecule has 0 amide bonds. The maximum absolute atomic E-state index is 6.06. The van der Waals surface area contributed by atoms with Crippen molar-refractivity contribution in [2.75, 3.05) is 13.6 Å². The lowest BCUT2D eigenvalue weighted by atomic mass is 10.0. The molecule has 1 heterocycles. The van der Waals surface area contributed by atoms with Gasteiger partial charge in [0.2, 0.25) is 0 Å². The summed E-state index contributed by atoms with van der Waals surface area (Å²) in [6.07, 6.45) is 2.69. The lowest BCUT2D eigenvalue weighted by Crippen LogP contribution is -2.30. The van der Waals surface area contributed by atoms with E-state index in [0.717, 1.165) is 12.5 Å². The molecule has 2 aromatic rings. The molecule has 0 saturated heterocycles. The maximum atomic E-state index is 6.06. The minimum absolute atomic E-state index is 0.280. The summed E-state index contributed by atoms with van der Waals surface area (Å²) in [5.41, 5.74) is 10.2. The summed E-state index contributed by atoms with van der Waals surface area (Å²) in [7, 11) is 2.16. The highest BCUT2D eigenvalue weighted by Crippen LogP contribution is 2.40. The SMILES string of the molecule is CN(Cc1csc(Br)c1)C(CN)c1cccc(C2CC2)c1. The molecule has 112 valence electrons. The van der Waals surface area contributed by atoms with Gasteiger partial charge in [0.1, 0.15) is 0 Å². The number of nitrogens with zero attached hydrogens (tertiary/aromatic N) is 1. The van der Waals surface area contributed by atoms with Gasteiger partial charge in [-0.2, -0.15) is 0 Å². The fourth-order valence-corrected chi connectivity index (χ4v) is 4.03. The Labute approximate surface area is 139 Å². The average Bonchev–Trinajstić information content (AvgIpc) is 3.24. The van der Waals surface area contributed by atoms with Gasteiger partial charge in [-0.25, -0.2) is 0 Å². The molecule has 3 rings (SSSR count). The molecule has 0 spiro atoms. The molecule has 0 aliphatic heterocycles. The van der Waals surface area contributed by atoms with E-state index in [1.807, 2.05) is 0 Å². The zero-order valence-electron chi connectivity index (χ0n) is 12.3. The van der Waals surface area contributed by atoms with Crippen LogP contribution in [0.4, 0.5) is 0 Å². The molecule has 1 unspecified atom stereocenters. The van der Waals surface area contributed by atoms with Gasteiger partial charge < -0.3 is 5.73 Å². The summed E-state index contributed by atoms with van der Waals surface area (Å²) < 4.78 is 1.19. The zero-order valence-corrected chi connectivity index (χ0v) is 14.7. The van der Waals surface area contributed by atoms with Gasteiger partial charge in [0.25, 0.3) is 0 Å². The third-order valence-corrected chi connectivity index (χ3v) is 5.71. The van der Waals surface area contributed by atoms with Gasteiger partial charge in [-0.1, -0.05) is 24.3 Å². The Balaban J connectivity index is 1.75. The molecule has 1 aliphatic rings. The van der Waals surface area contributed by atoms with E-state index in [1.165, 1.54) is 33.3 Å². The van der Waals surface area contributed by atoms with Crippen molar-refractivity contribution < 1.29 is 0 Å². The topological polar surface area (TPSA) is 29.3 Å². The third-order valence-electron chi connectivity index (χ3n) is 4.15. The number of thiophene rings is 1. The van der Waals surface area contributed by atoms with Crippen LogP contribution in [0.5, 0.6) is 0 Å². The Morgan fingerprint density at radius 1 is 1.38 bits per heavy atom. The molecule has 2 nitrogen and oxygen atoms in total.